The van der Waals surface area contributed by atoms with Crippen molar-refractivity contribution in [1.82, 2.24) is 0 Å². The van der Waals surface area contributed by atoms with Crippen LogP contribution < -0.4 is 4.74 Å². The molecule has 0 atom stereocenters. The third-order valence-corrected chi connectivity index (χ3v) is 2.88. The van der Waals surface area contributed by atoms with E-state index in [0.29, 0.717) is 12.0 Å². The Balaban J connectivity index is 2.99. The summed E-state index contributed by atoms with van der Waals surface area (Å²) in [5.74, 6) is -0.612. The maximum atomic E-state index is 13.3. The third kappa shape index (κ3) is 3.89. The van der Waals surface area contributed by atoms with E-state index < -0.39 is 10.9 Å². The number of hydrogen-bond donors (Lipinski definition) is 1. The number of para-hydroxylation sites is 1. The van der Waals surface area contributed by atoms with Gasteiger partial charge in [0.2, 0.25) is 4.84 Å². The van der Waals surface area contributed by atoms with Crippen molar-refractivity contribution in [2.75, 3.05) is 0 Å². The number of halogens is 4. The van der Waals surface area contributed by atoms with Gasteiger partial charge in [-0.05, 0) is 24.5 Å². The van der Waals surface area contributed by atoms with E-state index in [4.69, 9.17) is 23.2 Å². The molecule has 102 valence electrons. The summed E-state index contributed by atoms with van der Waals surface area (Å²) < 4.78 is 31.1. The van der Waals surface area contributed by atoms with Crippen LogP contribution in [0.4, 0.5) is 8.78 Å². The number of aromatic hydroxyl groups is 1. The average Bonchev–Trinajstić information content (AvgIpc) is 2.29. The molecular weight excluding hydrogens is 285 g/mol. The molecule has 0 saturated heterocycles. The molecule has 1 aromatic rings. The number of hydrogen-bond acceptors (Lipinski definition) is 2. The van der Waals surface area contributed by atoms with Crippen LogP contribution in [0.3, 0.4) is 0 Å². The summed E-state index contributed by atoms with van der Waals surface area (Å²) in [6.07, 6.45) is -1.51. The molecule has 0 fully saturated rings. The highest BCUT2D eigenvalue weighted by Gasteiger charge is 2.41. The predicted molar refractivity (Wildman–Crippen MR) is 67.8 cm³/mol. The Labute approximate surface area is 114 Å². The summed E-state index contributed by atoms with van der Waals surface area (Å²) in [7, 11) is 0. The van der Waals surface area contributed by atoms with Gasteiger partial charge in [-0.2, -0.15) is 8.78 Å². The normalized spacial score (nSPS) is 11.9. The molecule has 18 heavy (non-hydrogen) atoms. The molecule has 0 saturated carbocycles. The number of phenolic OH excluding ortho intramolecular Hbond substituents is 1. The molecule has 1 rings (SSSR count). The number of alkyl halides is 4. The molecule has 0 aliphatic carbocycles. The van der Waals surface area contributed by atoms with E-state index in [2.05, 4.69) is 4.74 Å². The fourth-order valence-corrected chi connectivity index (χ4v) is 1.52. The molecule has 0 aliphatic rings. The minimum absolute atomic E-state index is 0.262. The lowest BCUT2D eigenvalue weighted by Crippen LogP contribution is -2.32. The highest BCUT2D eigenvalue weighted by atomic mass is 35.5. The number of benzene rings is 1. The summed E-state index contributed by atoms with van der Waals surface area (Å²) in [6, 6.07) is 4.47. The third-order valence-electron chi connectivity index (χ3n) is 2.37. The van der Waals surface area contributed by atoms with Crippen LogP contribution in [-0.2, 0) is 6.42 Å². The Kier molecular flexibility index (Phi) is 5.47. The molecule has 0 radical (unpaired) electrons. The van der Waals surface area contributed by atoms with Crippen LogP contribution >= 0.6 is 23.2 Å². The van der Waals surface area contributed by atoms with E-state index in [1.54, 1.807) is 12.1 Å². The summed E-state index contributed by atoms with van der Waals surface area (Å²) >= 11 is 10.3. The molecule has 0 spiro atoms. The van der Waals surface area contributed by atoms with Gasteiger partial charge in [0.15, 0.2) is 11.5 Å². The standard InChI is InChI=1S/C12H14Cl2F2O2/c1-2-3-5-8-6-4-7-9(17)10(8)18-12(15,16)11(13)14/h4,6-7,11,17H,2-3,5H2,1H3. The molecule has 0 aromatic heterocycles. The van der Waals surface area contributed by atoms with Crippen LogP contribution in [0.25, 0.3) is 0 Å². The number of phenols is 1. The van der Waals surface area contributed by atoms with Crippen LogP contribution in [0, 0.1) is 0 Å². The molecule has 0 bridgehead atoms. The zero-order valence-corrected chi connectivity index (χ0v) is 11.3. The summed E-state index contributed by atoms with van der Waals surface area (Å²) in [6.45, 7) is 1.98. The van der Waals surface area contributed by atoms with Gasteiger partial charge >= 0.3 is 6.11 Å². The van der Waals surface area contributed by atoms with Gasteiger partial charge < -0.3 is 9.84 Å². The van der Waals surface area contributed by atoms with Gasteiger partial charge in [-0.25, -0.2) is 0 Å². The lowest BCUT2D eigenvalue weighted by atomic mass is 10.1. The van der Waals surface area contributed by atoms with Gasteiger partial charge in [-0.15, -0.1) is 0 Å². The number of aryl methyl sites for hydroxylation is 1. The zero-order valence-electron chi connectivity index (χ0n) is 9.80. The van der Waals surface area contributed by atoms with E-state index in [1.165, 1.54) is 6.07 Å². The molecule has 1 aromatic carbocycles. The summed E-state index contributed by atoms with van der Waals surface area (Å²) in [5.41, 5.74) is 0.505. The Morgan fingerprint density at radius 3 is 2.61 bits per heavy atom. The van der Waals surface area contributed by atoms with E-state index in [-0.39, 0.29) is 11.5 Å². The van der Waals surface area contributed by atoms with Crippen molar-refractivity contribution >= 4 is 23.2 Å². The summed E-state index contributed by atoms with van der Waals surface area (Å²) in [4.78, 5) is -2.00. The average molecular weight is 299 g/mol. The molecule has 0 unspecified atom stereocenters. The zero-order chi connectivity index (χ0) is 13.8. The van der Waals surface area contributed by atoms with Crippen molar-refractivity contribution in [3.05, 3.63) is 23.8 Å². The van der Waals surface area contributed by atoms with Crippen LogP contribution in [0.5, 0.6) is 11.5 Å². The molecule has 6 heteroatoms. The number of unbranched alkanes of at least 4 members (excludes halogenated alkanes) is 1. The van der Waals surface area contributed by atoms with Gasteiger partial charge in [0.1, 0.15) is 0 Å². The molecule has 2 nitrogen and oxygen atoms in total. The van der Waals surface area contributed by atoms with Crippen molar-refractivity contribution in [1.29, 1.82) is 0 Å². The van der Waals surface area contributed by atoms with E-state index in [1.807, 2.05) is 6.92 Å². The quantitative estimate of drug-likeness (QED) is 0.783. The first kappa shape index (κ1) is 15.3. The van der Waals surface area contributed by atoms with E-state index >= 15 is 0 Å². The van der Waals surface area contributed by atoms with Gasteiger partial charge in [0.05, 0.1) is 0 Å². The van der Waals surface area contributed by atoms with Crippen LogP contribution in [-0.4, -0.2) is 16.1 Å². The van der Waals surface area contributed by atoms with Crippen molar-refractivity contribution < 1.29 is 18.6 Å². The fourth-order valence-electron chi connectivity index (χ4n) is 1.43. The highest BCUT2D eigenvalue weighted by molar-refractivity contribution is 6.44. The first-order valence-corrected chi connectivity index (χ1v) is 6.41. The topological polar surface area (TPSA) is 29.5 Å². The fraction of sp³-hybridized carbons (Fsp3) is 0.500. The van der Waals surface area contributed by atoms with Crippen LogP contribution in [0.15, 0.2) is 18.2 Å². The second kappa shape index (κ2) is 6.43. The molecule has 1 N–H and O–H groups in total. The number of ether oxygens (including phenoxy) is 1. The van der Waals surface area contributed by atoms with Gasteiger partial charge in [-0.3, -0.25) is 0 Å². The van der Waals surface area contributed by atoms with Gasteiger partial charge in [0.25, 0.3) is 0 Å². The van der Waals surface area contributed by atoms with Crippen LogP contribution in [0.1, 0.15) is 25.3 Å². The predicted octanol–water partition coefficient (Wildman–Crippen LogP) is 4.51. The maximum Gasteiger partial charge on any atom is 0.428 e. The Bertz CT molecular complexity index is 398. The van der Waals surface area contributed by atoms with E-state index in [9.17, 15) is 13.9 Å². The van der Waals surface area contributed by atoms with Crippen molar-refractivity contribution in [3.63, 3.8) is 0 Å². The lowest BCUT2D eigenvalue weighted by Gasteiger charge is -2.21. The first-order chi connectivity index (χ1) is 8.38. The lowest BCUT2D eigenvalue weighted by molar-refractivity contribution is -0.164. The van der Waals surface area contributed by atoms with Gasteiger partial charge in [0, 0.05) is 0 Å². The first-order valence-electron chi connectivity index (χ1n) is 5.54. The minimum atomic E-state index is -3.75. The van der Waals surface area contributed by atoms with Crippen molar-refractivity contribution in [2.45, 2.75) is 37.1 Å². The van der Waals surface area contributed by atoms with E-state index in [0.717, 1.165) is 12.8 Å². The number of rotatable bonds is 6. The Morgan fingerprint density at radius 2 is 2.06 bits per heavy atom. The van der Waals surface area contributed by atoms with Gasteiger partial charge in [-0.1, -0.05) is 48.7 Å². The molecule has 0 heterocycles. The molecule has 0 aliphatic heterocycles. The summed E-state index contributed by atoms with van der Waals surface area (Å²) in [5, 5.41) is 9.59. The Morgan fingerprint density at radius 1 is 1.39 bits per heavy atom. The smallest absolute Gasteiger partial charge is 0.428 e. The molecular formula is C12H14Cl2F2O2. The second-order valence-corrected chi connectivity index (χ2v) is 4.93. The maximum absolute atomic E-state index is 13.3. The van der Waals surface area contributed by atoms with Crippen molar-refractivity contribution in [3.8, 4) is 11.5 Å². The van der Waals surface area contributed by atoms with Crippen LogP contribution in [0.2, 0.25) is 0 Å². The molecule has 0 amide bonds. The highest BCUT2D eigenvalue weighted by Crippen LogP contribution is 2.37. The minimum Gasteiger partial charge on any atom is -0.504 e. The SMILES string of the molecule is CCCCc1cccc(O)c1OC(F)(F)C(Cl)Cl. The largest absolute Gasteiger partial charge is 0.504 e. The Hall–Kier alpha value is -0.740. The second-order valence-electron chi connectivity index (χ2n) is 3.83. The monoisotopic (exact) mass is 298 g/mol. The van der Waals surface area contributed by atoms with Crippen molar-refractivity contribution in [2.24, 2.45) is 0 Å².